The molecule has 4 unspecified atom stereocenters. The van der Waals surface area contributed by atoms with Crippen LogP contribution in [-0.2, 0) is 9.59 Å². The number of hydrogen-bond acceptors (Lipinski definition) is 2. The second-order valence-corrected chi connectivity index (χ2v) is 7.81. The van der Waals surface area contributed by atoms with Crippen LogP contribution < -0.4 is 4.90 Å². The minimum atomic E-state index is -0.201. The van der Waals surface area contributed by atoms with Gasteiger partial charge in [0.2, 0.25) is 11.8 Å². The summed E-state index contributed by atoms with van der Waals surface area (Å²) >= 11 is 2.22. The zero-order valence-corrected chi connectivity index (χ0v) is 15.3. The first-order chi connectivity index (χ1) is 11.0. The van der Waals surface area contributed by atoms with Crippen molar-refractivity contribution in [2.24, 2.45) is 23.7 Å². The standard InChI is InChI=1S/C19H18INO2/c1-3-10(2)15-13-8-9-14(15)17-16(13)18(22)21(19(17)23)12-6-4-11(20)5-7-12/h4-9,13-14,16-17H,3H2,1-2H3. The molecular weight excluding hydrogens is 401 g/mol. The van der Waals surface area contributed by atoms with E-state index in [0.29, 0.717) is 5.69 Å². The van der Waals surface area contributed by atoms with Gasteiger partial charge in [-0.05, 0) is 60.2 Å². The largest absolute Gasteiger partial charge is 0.274 e. The van der Waals surface area contributed by atoms with Crippen LogP contribution in [0.1, 0.15) is 20.3 Å². The van der Waals surface area contributed by atoms with E-state index < -0.39 is 0 Å². The zero-order chi connectivity index (χ0) is 16.3. The molecule has 4 atom stereocenters. The molecule has 1 heterocycles. The van der Waals surface area contributed by atoms with Crippen molar-refractivity contribution in [3.63, 3.8) is 0 Å². The molecule has 2 fully saturated rings. The van der Waals surface area contributed by atoms with E-state index in [4.69, 9.17) is 0 Å². The average molecular weight is 419 g/mol. The van der Waals surface area contributed by atoms with E-state index in [0.717, 1.165) is 9.99 Å². The molecule has 3 nitrogen and oxygen atoms in total. The maximum atomic E-state index is 13.0. The quantitative estimate of drug-likeness (QED) is 0.414. The molecule has 4 rings (SSSR count). The normalized spacial score (nSPS) is 31.3. The minimum Gasteiger partial charge on any atom is -0.274 e. The fourth-order valence-corrected chi connectivity index (χ4v) is 4.74. The first-order valence-electron chi connectivity index (χ1n) is 8.05. The summed E-state index contributed by atoms with van der Waals surface area (Å²) < 4.78 is 1.09. The molecule has 4 heteroatoms. The van der Waals surface area contributed by atoms with Crippen LogP contribution in [-0.4, -0.2) is 11.8 Å². The molecule has 1 aliphatic heterocycles. The van der Waals surface area contributed by atoms with Crippen molar-refractivity contribution in [2.75, 3.05) is 4.90 Å². The fraction of sp³-hybridized carbons (Fsp3) is 0.368. The van der Waals surface area contributed by atoms with Crippen molar-refractivity contribution < 1.29 is 9.59 Å². The summed E-state index contributed by atoms with van der Waals surface area (Å²) in [5, 5.41) is 0. The number of rotatable bonds is 2. The van der Waals surface area contributed by atoms with Crippen molar-refractivity contribution in [1.29, 1.82) is 0 Å². The predicted octanol–water partition coefficient (Wildman–Crippen LogP) is 3.94. The summed E-state index contributed by atoms with van der Waals surface area (Å²) in [6, 6.07) is 7.60. The number of carbonyl (C=O) groups is 2. The maximum Gasteiger partial charge on any atom is 0.238 e. The van der Waals surface area contributed by atoms with Gasteiger partial charge in [-0.2, -0.15) is 0 Å². The Kier molecular flexibility index (Phi) is 3.48. The molecule has 2 amide bonds. The highest BCUT2D eigenvalue weighted by Crippen LogP contribution is 2.57. The number of benzene rings is 1. The molecule has 1 aromatic carbocycles. The molecule has 1 saturated carbocycles. The molecule has 0 aromatic heterocycles. The summed E-state index contributed by atoms with van der Waals surface area (Å²) in [5.74, 6) is -0.217. The third-order valence-corrected chi connectivity index (χ3v) is 6.24. The van der Waals surface area contributed by atoms with Gasteiger partial charge in [0.15, 0.2) is 0 Å². The third kappa shape index (κ3) is 2.00. The van der Waals surface area contributed by atoms with Crippen LogP contribution >= 0.6 is 22.6 Å². The van der Waals surface area contributed by atoms with Gasteiger partial charge in [0, 0.05) is 15.4 Å². The van der Waals surface area contributed by atoms with Crippen LogP contribution in [0.25, 0.3) is 0 Å². The lowest BCUT2D eigenvalue weighted by Crippen LogP contribution is -2.33. The van der Waals surface area contributed by atoms with Crippen molar-refractivity contribution in [3.05, 3.63) is 51.1 Å². The van der Waals surface area contributed by atoms with Crippen LogP contribution in [0, 0.1) is 27.2 Å². The van der Waals surface area contributed by atoms with Gasteiger partial charge in [-0.15, -0.1) is 0 Å². The first-order valence-corrected chi connectivity index (χ1v) is 9.13. The van der Waals surface area contributed by atoms with E-state index >= 15 is 0 Å². The van der Waals surface area contributed by atoms with Crippen LogP contribution in [0.15, 0.2) is 47.6 Å². The number of amides is 2. The number of nitrogens with zero attached hydrogens (tertiary/aromatic N) is 1. The Morgan fingerprint density at radius 3 is 2.04 bits per heavy atom. The summed E-state index contributed by atoms with van der Waals surface area (Å²) in [6.45, 7) is 4.27. The summed E-state index contributed by atoms with van der Waals surface area (Å²) in [4.78, 5) is 27.4. The SMILES string of the molecule is CCC(C)=C1C2C=CC1C1C(=O)N(c3ccc(I)cc3)C(=O)C21. The summed E-state index contributed by atoms with van der Waals surface area (Å²) in [6.07, 6.45) is 5.26. The topological polar surface area (TPSA) is 37.4 Å². The molecule has 0 spiro atoms. The molecule has 23 heavy (non-hydrogen) atoms. The lowest BCUT2D eigenvalue weighted by Gasteiger charge is -2.19. The van der Waals surface area contributed by atoms with Gasteiger partial charge in [-0.1, -0.05) is 30.2 Å². The van der Waals surface area contributed by atoms with Crippen molar-refractivity contribution in [2.45, 2.75) is 20.3 Å². The van der Waals surface area contributed by atoms with Gasteiger partial charge in [-0.3, -0.25) is 9.59 Å². The van der Waals surface area contributed by atoms with Gasteiger partial charge in [0.25, 0.3) is 0 Å². The van der Waals surface area contributed by atoms with Crippen molar-refractivity contribution >= 4 is 40.1 Å². The smallest absolute Gasteiger partial charge is 0.238 e. The van der Waals surface area contributed by atoms with Gasteiger partial charge in [0.1, 0.15) is 0 Å². The van der Waals surface area contributed by atoms with E-state index in [1.54, 1.807) is 0 Å². The Morgan fingerprint density at radius 2 is 1.57 bits per heavy atom. The third-order valence-electron chi connectivity index (χ3n) is 5.52. The van der Waals surface area contributed by atoms with E-state index in [9.17, 15) is 9.59 Å². The van der Waals surface area contributed by atoms with Crippen LogP contribution in [0.5, 0.6) is 0 Å². The highest BCUT2D eigenvalue weighted by Gasteiger charge is 2.61. The number of hydrogen-bond donors (Lipinski definition) is 0. The van der Waals surface area contributed by atoms with E-state index in [1.165, 1.54) is 16.0 Å². The number of anilines is 1. The Morgan fingerprint density at radius 1 is 1.04 bits per heavy atom. The predicted molar refractivity (Wildman–Crippen MR) is 97.7 cm³/mol. The lowest BCUT2D eigenvalue weighted by atomic mass is 9.85. The zero-order valence-electron chi connectivity index (χ0n) is 13.1. The molecule has 2 bridgehead atoms. The van der Waals surface area contributed by atoms with Gasteiger partial charge >= 0.3 is 0 Å². The number of allylic oxidation sites excluding steroid dienone is 4. The van der Waals surface area contributed by atoms with Crippen LogP contribution in [0.2, 0.25) is 0 Å². The molecule has 1 aromatic rings. The molecule has 2 aliphatic carbocycles. The summed E-state index contributed by atoms with van der Waals surface area (Å²) in [7, 11) is 0. The molecule has 1 saturated heterocycles. The van der Waals surface area contributed by atoms with Crippen molar-refractivity contribution in [3.8, 4) is 0 Å². The molecule has 0 N–H and O–H groups in total. The van der Waals surface area contributed by atoms with Gasteiger partial charge < -0.3 is 0 Å². The average Bonchev–Trinajstić information content (AvgIpc) is 3.18. The monoisotopic (exact) mass is 419 g/mol. The second kappa shape index (κ2) is 5.30. The highest BCUT2D eigenvalue weighted by atomic mass is 127. The van der Waals surface area contributed by atoms with E-state index in [2.05, 4.69) is 48.6 Å². The van der Waals surface area contributed by atoms with E-state index in [1.807, 2.05) is 24.3 Å². The molecule has 3 aliphatic rings. The van der Waals surface area contributed by atoms with E-state index in [-0.39, 0.29) is 35.5 Å². The summed E-state index contributed by atoms with van der Waals surface area (Å²) in [5.41, 5.74) is 3.36. The maximum absolute atomic E-state index is 13.0. The Labute approximate surface area is 149 Å². The lowest BCUT2D eigenvalue weighted by molar-refractivity contribution is -0.122. The number of halogens is 1. The van der Waals surface area contributed by atoms with Crippen LogP contribution in [0.4, 0.5) is 5.69 Å². The van der Waals surface area contributed by atoms with Crippen LogP contribution in [0.3, 0.4) is 0 Å². The first kappa shape index (κ1) is 15.1. The van der Waals surface area contributed by atoms with Gasteiger partial charge in [0.05, 0.1) is 17.5 Å². The number of carbonyl (C=O) groups excluding carboxylic acids is 2. The molecular formula is C19H18INO2. The number of fused-ring (bicyclic) bond motifs is 5. The van der Waals surface area contributed by atoms with Crippen molar-refractivity contribution in [1.82, 2.24) is 0 Å². The highest BCUT2D eigenvalue weighted by molar-refractivity contribution is 14.1. The molecule has 118 valence electrons. The Hall–Kier alpha value is -1.43. The Bertz CT molecular complexity index is 728. The fourth-order valence-electron chi connectivity index (χ4n) is 4.38. The number of imide groups is 1. The Balaban J connectivity index is 1.74. The minimum absolute atomic E-state index is 0.0283. The molecule has 0 radical (unpaired) electrons. The second-order valence-electron chi connectivity index (χ2n) is 6.57. The van der Waals surface area contributed by atoms with Gasteiger partial charge in [-0.25, -0.2) is 4.90 Å².